The van der Waals surface area contributed by atoms with Crippen molar-refractivity contribution in [2.45, 2.75) is 39.2 Å². The molecule has 2 unspecified atom stereocenters. The summed E-state index contributed by atoms with van der Waals surface area (Å²) in [5.74, 6) is 1.17. The van der Waals surface area contributed by atoms with E-state index >= 15 is 0 Å². The molecule has 1 aliphatic rings. The summed E-state index contributed by atoms with van der Waals surface area (Å²) in [5.41, 5.74) is 0.944. The maximum atomic E-state index is 9.95. The highest BCUT2D eigenvalue weighted by Gasteiger charge is 2.27. The number of halogens is 1. The molecule has 0 radical (unpaired) electrons. The molecular formula is C15H22ClNO. The van der Waals surface area contributed by atoms with Gasteiger partial charge in [0.25, 0.3) is 0 Å². The van der Waals surface area contributed by atoms with Crippen molar-refractivity contribution in [3.8, 4) is 5.75 Å². The van der Waals surface area contributed by atoms with Gasteiger partial charge in [0.2, 0.25) is 0 Å². The topological polar surface area (TPSA) is 23.5 Å². The number of likely N-dealkylation sites (tertiary alicyclic amines) is 1. The van der Waals surface area contributed by atoms with Crippen LogP contribution in [-0.2, 0) is 0 Å². The van der Waals surface area contributed by atoms with Crippen molar-refractivity contribution in [3.05, 3.63) is 28.8 Å². The van der Waals surface area contributed by atoms with Gasteiger partial charge < -0.3 is 5.11 Å². The van der Waals surface area contributed by atoms with Crippen molar-refractivity contribution in [3.63, 3.8) is 0 Å². The molecule has 18 heavy (non-hydrogen) atoms. The third kappa shape index (κ3) is 2.99. The lowest BCUT2D eigenvalue weighted by Crippen LogP contribution is -2.24. The van der Waals surface area contributed by atoms with E-state index in [4.69, 9.17) is 11.6 Å². The SMILES string of the molecule is CCCC1CCN(C(C)c2cc(Cl)ccc2O)C1. The molecule has 1 N–H and O–H groups in total. The zero-order chi connectivity index (χ0) is 13.1. The summed E-state index contributed by atoms with van der Waals surface area (Å²) in [7, 11) is 0. The predicted octanol–water partition coefficient (Wildman–Crippen LogP) is 4.23. The molecule has 2 nitrogen and oxygen atoms in total. The van der Waals surface area contributed by atoms with Gasteiger partial charge in [0, 0.05) is 23.2 Å². The summed E-state index contributed by atoms with van der Waals surface area (Å²) >= 11 is 6.02. The lowest BCUT2D eigenvalue weighted by atomic mass is 10.0. The molecule has 0 aliphatic carbocycles. The molecule has 0 amide bonds. The van der Waals surface area contributed by atoms with Crippen LogP contribution in [0.25, 0.3) is 0 Å². The van der Waals surface area contributed by atoms with Crippen molar-refractivity contribution in [2.24, 2.45) is 5.92 Å². The van der Waals surface area contributed by atoms with Crippen LogP contribution in [0.5, 0.6) is 5.75 Å². The highest BCUT2D eigenvalue weighted by Crippen LogP contribution is 2.34. The second kappa shape index (κ2) is 5.94. The first-order valence-electron chi connectivity index (χ1n) is 6.84. The Bertz CT molecular complexity index is 407. The van der Waals surface area contributed by atoms with E-state index in [1.165, 1.54) is 19.3 Å². The third-order valence-electron chi connectivity index (χ3n) is 4.00. The Balaban J connectivity index is 2.07. The number of benzene rings is 1. The molecule has 1 aliphatic heterocycles. The lowest BCUT2D eigenvalue weighted by Gasteiger charge is -2.25. The summed E-state index contributed by atoms with van der Waals surface area (Å²) in [6.07, 6.45) is 3.85. The molecule has 0 aromatic heterocycles. The zero-order valence-corrected chi connectivity index (χ0v) is 12.0. The zero-order valence-electron chi connectivity index (χ0n) is 11.2. The predicted molar refractivity (Wildman–Crippen MR) is 76.1 cm³/mol. The van der Waals surface area contributed by atoms with Gasteiger partial charge in [0.1, 0.15) is 5.75 Å². The van der Waals surface area contributed by atoms with Crippen molar-refractivity contribution in [1.29, 1.82) is 0 Å². The van der Waals surface area contributed by atoms with Gasteiger partial charge in [-0.25, -0.2) is 0 Å². The van der Waals surface area contributed by atoms with Gasteiger partial charge in [0.15, 0.2) is 0 Å². The van der Waals surface area contributed by atoms with Gasteiger partial charge in [-0.3, -0.25) is 4.90 Å². The number of rotatable bonds is 4. The molecule has 1 heterocycles. The molecule has 2 rings (SSSR count). The largest absolute Gasteiger partial charge is 0.508 e. The van der Waals surface area contributed by atoms with Crippen molar-refractivity contribution in [1.82, 2.24) is 4.90 Å². The Morgan fingerprint density at radius 2 is 2.28 bits per heavy atom. The maximum absolute atomic E-state index is 9.95. The van der Waals surface area contributed by atoms with Gasteiger partial charge in [-0.1, -0.05) is 24.9 Å². The van der Waals surface area contributed by atoms with Crippen molar-refractivity contribution >= 4 is 11.6 Å². The molecular weight excluding hydrogens is 246 g/mol. The number of hydrogen-bond donors (Lipinski definition) is 1. The number of phenols is 1. The molecule has 0 spiro atoms. The van der Waals surface area contributed by atoms with Crippen LogP contribution >= 0.6 is 11.6 Å². The first-order chi connectivity index (χ1) is 8.61. The van der Waals surface area contributed by atoms with Gasteiger partial charge in [0.05, 0.1) is 0 Å². The smallest absolute Gasteiger partial charge is 0.120 e. The minimum atomic E-state index is 0.241. The van der Waals surface area contributed by atoms with Crippen LogP contribution in [0.4, 0.5) is 0 Å². The molecule has 3 heteroatoms. The van der Waals surface area contributed by atoms with Gasteiger partial charge >= 0.3 is 0 Å². The van der Waals surface area contributed by atoms with E-state index in [-0.39, 0.29) is 6.04 Å². The standard InChI is InChI=1S/C15H22ClNO/c1-3-4-12-7-8-17(10-12)11(2)14-9-13(16)5-6-15(14)18/h5-6,9,11-12,18H,3-4,7-8,10H2,1-2H3. The Labute approximate surface area is 115 Å². The molecule has 1 fully saturated rings. The van der Waals surface area contributed by atoms with Crippen LogP contribution in [-0.4, -0.2) is 23.1 Å². The van der Waals surface area contributed by atoms with Crippen LogP contribution in [0.15, 0.2) is 18.2 Å². The average molecular weight is 268 g/mol. The monoisotopic (exact) mass is 267 g/mol. The molecule has 1 saturated heterocycles. The molecule has 1 aromatic carbocycles. The van der Waals surface area contributed by atoms with E-state index < -0.39 is 0 Å². The summed E-state index contributed by atoms with van der Waals surface area (Å²) in [4.78, 5) is 2.45. The lowest BCUT2D eigenvalue weighted by molar-refractivity contribution is 0.246. The molecule has 100 valence electrons. The molecule has 0 saturated carbocycles. The Morgan fingerprint density at radius 3 is 3.00 bits per heavy atom. The Kier molecular flexibility index (Phi) is 4.52. The summed E-state index contributed by atoms with van der Waals surface area (Å²) in [6.45, 7) is 6.66. The second-order valence-corrected chi connectivity index (χ2v) is 5.75. The van der Waals surface area contributed by atoms with Crippen LogP contribution < -0.4 is 0 Å². The van der Waals surface area contributed by atoms with E-state index in [2.05, 4.69) is 18.7 Å². The van der Waals surface area contributed by atoms with Crippen LogP contribution in [0.3, 0.4) is 0 Å². The number of nitrogens with zero attached hydrogens (tertiary/aromatic N) is 1. The normalized spacial score (nSPS) is 22.3. The van der Waals surface area contributed by atoms with E-state index in [0.717, 1.165) is 24.6 Å². The summed E-state index contributed by atoms with van der Waals surface area (Å²) in [5, 5.41) is 10.6. The highest BCUT2D eigenvalue weighted by atomic mass is 35.5. The second-order valence-electron chi connectivity index (χ2n) is 5.32. The maximum Gasteiger partial charge on any atom is 0.120 e. The molecule has 0 bridgehead atoms. The first kappa shape index (κ1) is 13.7. The molecule has 1 aromatic rings. The van der Waals surface area contributed by atoms with Crippen LogP contribution in [0.2, 0.25) is 5.02 Å². The Hall–Kier alpha value is -0.730. The van der Waals surface area contributed by atoms with E-state index in [1.807, 2.05) is 6.07 Å². The first-order valence-corrected chi connectivity index (χ1v) is 7.22. The van der Waals surface area contributed by atoms with E-state index in [9.17, 15) is 5.11 Å². The summed E-state index contributed by atoms with van der Waals surface area (Å²) in [6, 6.07) is 5.55. The fourth-order valence-corrected chi connectivity index (χ4v) is 3.10. The van der Waals surface area contributed by atoms with E-state index in [0.29, 0.717) is 10.8 Å². The number of phenolic OH excluding ortho intramolecular Hbond substituents is 1. The van der Waals surface area contributed by atoms with Crippen molar-refractivity contribution < 1.29 is 5.11 Å². The summed E-state index contributed by atoms with van der Waals surface area (Å²) < 4.78 is 0. The minimum absolute atomic E-state index is 0.241. The van der Waals surface area contributed by atoms with E-state index in [1.54, 1.807) is 12.1 Å². The number of hydrogen-bond acceptors (Lipinski definition) is 2. The number of aromatic hydroxyl groups is 1. The third-order valence-corrected chi connectivity index (χ3v) is 4.24. The Morgan fingerprint density at radius 1 is 1.50 bits per heavy atom. The van der Waals surface area contributed by atoms with Gasteiger partial charge in [-0.15, -0.1) is 0 Å². The van der Waals surface area contributed by atoms with Gasteiger partial charge in [-0.2, -0.15) is 0 Å². The molecule has 2 atom stereocenters. The minimum Gasteiger partial charge on any atom is -0.508 e. The highest BCUT2D eigenvalue weighted by molar-refractivity contribution is 6.30. The van der Waals surface area contributed by atoms with Crippen LogP contribution in [0, 0.1) is 5.92 Å². The quantitative estimate of drug-likeness (QED) is 0.883. The van der Waals surface area contributed by atoms with Crippen LogP contribution in [0.1, 0.15) is 44.7 Å². The fraction of sp³-hybridized carbons (Fsp3) is 0.600. The van der Waals surface area contributed by atoms with Crippen molar-refractivity contribution in [2.75, 3.05) is 13.1 Å². The average Bonchev–Trinajstić information content (AvgIpc) is 2.80. The fourth-order valence-electron chi connectivity index (χ4n) is 2.91. The van der Waals surface area contributed by atoms with Gasteiger partial charge in [-0.05, 0) is 50.4 Å².